The van der Waals surface area contributed by atoms with Crippen LogP contribution in [0.25, 0.3) is 0 Å². The summed E-state index contributed by atoms with van der Waals surface area (Å²) in [5.41, 5.74) is 0. The summed E-state index contributed by atoms with van der Waals surface area (Å²) in [6.45, 7) is 6.27. The highest BCUT2D eigenvalue weighted by Crippen LogP contribution is 2.38. The average molecular weight is 362 g/mol. The van der Waals surface area contributed by atoms with E-state index in [4.69, 9.17) is 44.0 Å². The first-order valence-electron chi connectivity index (χ1n) is 6.36. The van der Waals surface area contributed by atoms with Crippen LogP contribution in [0.1, 0.15) is 0 Å². The molecule has 0 aliphatic carbocycles. The Morgan fingerprint density at radius 3 is 1.90 bits per heavy atom. The minimum Gasteiger partial charge on any atom is -0.542 e. The fourth-order valence-corrected chi connectivity index (χ4v) is 3.08. The Morgan fingerprint density at radius 2 is 1.33 bits per heavy atom. The van der Waals surface area contributed by atoms with Crippen LogP contribution >= 0.6 is 34.8 Å². The summed E-state index contributed by atoms with van der Waals surface area (Å²) < 4.78 is 11.9. The van der Waals surface area contributed by atoms with Gasteiger partial charge in [0.2, 0.25) is 8.32 Å². The highest BCUT2D eigenvalue weighted by molar-refractivity contribution is 6.70. The van der Waals surface area contributed by atoms with E-state index in [1.165, 1.54) is 0 Å². The normalized spacial score (nSPS) is 11.3. The van der Waals surface area contributed by atoms with Crippen LogP contribution in [0.5, 0.6) is 17.2 Å². The number of halogens is 3. The molecule has 0 N–H and O–H groups in total. The van der Waals surface area contributed by atoms with Crippen molar-refractivity contribution in [2.24, 2.45) is 0 Å². The molecule has 0 aromatic heterocycles. The van der Waals surface area contributed by atoms with Gasteiger partial charge >= 0.3 is 0 Å². The van der Waals surface area contributed by atoms with Gasteiger partial charge in [-0.25, -0.2) is 0 Å². The van der Waals surface area contributed by atoms with Crippen molar-refractivity contribution >= 4 is 43.1 Å². The molecule has 0 atom stereocenters. The summed E-state index contributed by atoms with van der Waals surface area (Å²) in [5, 5.41) is 1.59. The predicted octanol–water partition coefficient (Wildman–Crippen LogP) is 6.65. The van der Waals surface area contributed by atoms with E-state index in [9.17, 15) is 0 Å². The molecule has 0 bridgehead atoms. The van der Waals surface area contributed by atoms with Crippen LogP contribution < -0.4 is 9.16 Å². The maximum atomic E-state index is 6.13. The van der Waals surface area contributed by atoms with Gasteiger partial charge in [-0.15, -0.1) is 0 Å². The summed E-state index contributed by atoms with van der Waals surface area (Å²) in [4.78, 5) is 0. The molecule has 0 saturated carbocycles. The second-order valence-corrected chi connectivity index (χ2v) is 11.2. The van der Waals surface area contributed by atoms with Crippen molar-refractivity contribution in [1.82, 2.24) is 0 Å². The molecule has 0 fully saturated rings. The molecule has 112 valence electrons. The molecule has 0 aliphatic heterocycles. The molecule has 0 aliphatic rings. The van der Waals surface area contributed by atoms with E-state index >= 15 is 0 Å². The van der Waals surface area contributed by atoms with E-state index < -0.39 is 8.32 Å². The van der Waals surface area contributed by atoms with E-state index in [2.05, 4.69) is 19.6 Å². The Hall–Kier alpha value is -0.873. The molecule has 2 aromatic rings. The fraction of sp³-hybridized carbons (Fsp3) is 0.200. The number of rotatable bonds is 4. The monoisotopic (exact) mass is 360 g/mol. The Kier molecular flexibility index (Phi) is 5.10. The standard InChI is InChI=1S/C15H15Cl3O2Si/c1-21(2,3)20-15-9-11(17)5-7-14(15)19-13-6-4-10(16)8-12(13)18/h4-9H,1-3H3. The quantitative estimate of drug-likeness (QED) is 0.567. The second-order valence-electron chi connectivity index (χ2n) is 5.48. The maximum absolute atomic E-state index is 6.13. The minimum absolute atomic E-state index is 0.441. The Bertz CT molecular complexity index is 654. The van der Waals surface area contributed by atoms with Crippen molar-refractivity contribution in [3.05, 3.63) is 51.5 Å². The Labute approximate surface area is 140 Å². The molecule has 0 saturated heterocycles. The number of hydrogen-bond donors (Lipinski definition) is 0. The van der Waals surface area contributed by atoms with Crippen molar-refractivity contribution in [2.45, 2.75) is 19.6 Å². The van der Waals surface area contributed by atoms with Crippen molar-refractivity contribution in [2.75, 3.05) is 0 Å². The summed E-state index contributed by atoms with van der Waals surface area (Å²) in [5.74, 6) is 1.71. The largest absolute Gasteiger partial charge is 0.542 e. The van der Waals surface area contributed by atoms with Gasteiger partial charge in [-0.2, -0.15) is 0 Å². The number of benzene rings is 2. The third-order valence-electron chi connectivity index (χ3n) is 2.44. The lowest BCUT2D eigenvalue weighted by atomic mass is 10.3. The molecule has 0 unspecified atom stereocenters. The van der Waals surface area contributed by atoms with Crippen LogP contribution in [-0.2, 0) is 0 Å². The topological polar surface area (TPSA) is 18.5 Å². The van der Waals surface area contributed by atoms with Crippen LogP contribution in [0, 0.1) is 0 Å². The van der Waals surface area contributed by atoms with Crippen molar-refractivity contribution in [3.63, 3.8) is 0 Å². The van der Waals surface area contributed by atoms with Gasteiger partial charge in [0.05, 0.1) is 5.02 Å². The van der Waals surface area contributed by atoms with E-state index in [0.717, 1.165) is 0 Å². The zero-order chi connectivity index (χ0) is 15.6. The third-order valence-corrected chi connectivity index (χ3v) is 4.03. The van der Waals surface area contributed by atoms with Gasteiger partial charge < -0.3 is 9.16 Å². The molecular weight excluding hydrogens is 347 g/mol. The molecule has 21 heavy (non-hydrogen) atoms. The van der Waals surface area contributed by atoms with Gasteiger partial charge in [0, 0.05) is 16.1 Å². The Morgan fingerprint density at radius 1 is 0.762 bits per heavy atom. The number of hydrogen-bond acceptors (Lipinski definition) is 2. The van der Waals surface area contributed by atoms with Crippen LogP contribution in [0.2, 0.25) is 34.7 Å². The molecule has 6 heteroatoms. The minimum atomic E-state index is -1.78. The lowest BCUT2D eigenvalue weighted by molar-refractivity contribution is 0.445. The van der Waals surface area contributed by atoms with E-state index in [0.29, 0.717) is 32.3 Å². The summed E-state index contributed by atoms with van der Waals surface area (Å²) >= 11 is 18.0. The first-order valence-corrected chi connectivity index (χ1v) is 10.9. The van der Waals surface area contributed by atoms with Gasteiger partial charge in [0.1, 0.15) is 11.5 Å². The molecule has 0 radical (unpaired) electrons. The molecule has 0 heterocycles. The van der Waals surface area contributed by atoms with Crippen molar-refractivity contribution in [1.29, 1.82) is 0 Å². The van der Waals surface area contributed by atoms with Gasteiger partial charge in [-0.05, 0) is 50.0 Å². The SMILES string of the molecule is C[Si](C)(C)Oc1cc(Cl)ccc1Oc1ccc(Cl)cc1Cl. The number of ether oxygens (including phenoxy) is 1. The van der Waals surface area contributed by atoms with Crippen molar-refractivity contribution < 1.29 is 9.16 Å². The summed E-state index contributed by atoms with van der Waals surface area (Å²) in [6.07, 6.45) is 0. The predicted molar refractivity (Wildman–Crippen MR) is 92.0 cm³/mol. The molecule has 2 nitrogen and oxygen atoms in total. The first-order chi connectivity index (χ1) is 9.74. The second kappa shape index (κ2) is 6.49. The third kappa shape index (κ3) is 4.82. The average Bonchev–Trinajstić information content (AvgIpc) is 2.33. The van der Waals surface area contributed by atoms with Gasteiger partial charge in [0.15, 0.2) is 5.75 Å². The van der Waals surface area contributed by atoms with Crippen LogP contribution in [-0.4, -0.2) is 8.32 Å². The van der Waals surface area contributed by atoms with Gasteiger partial charge in [-0.1, -0.05) is 34.8 Å². The molecule has 2 rings (SSSR count). The van der Waals surface area contributed by atoms with E-state index in [1.54, 1.807) is 36.4 Å². The summed E-state index contributed by atoms with van der Waals surface area (Å²) in [7, 11) is -1.78. The Balaban J connectivity index is 2.35. The van der Waals surface area contributed by atoms with E-state index in [-0.39, 0.29) is 0 Å². The highest BCUT2D eigenvalue weighted by Gasteiger charge is 2.20. The van der Waals surface area contributed by atoms with Crippen LogP contribution in [0.3, 0.4) is 0 Å². The zero-order valence-corrected chi connectivity index (χ0v) is 15.2. The van der Waals surface area contributed by atoms with Crippen LogP contribution in [0.4, 0.5) is 0 Å². The molecule has 0 spiro atoms. The first kappa shape index (κ1) is 16.5. The summed E-state index contributed by atoms with van der Waals surface area (Å²) in [6, 6.07) is 10.3. The fourth-order valence-electron chi connectivity index (χ4n) is 1.65. The molecule has 0 amide bonds. The molecule has 2 aromatic carbocycles. The zero-order valence-electron chi connectivity index (χ0n) is 11.9. The lowest BCUT2D eigenvalue weighted by Crippen LogP contribution is -2.29. The van der Waals surface area contributed by atoms with Crippen molar-refractivity contribution in [3.8, 4) is 17.2 Å². The van der Waals surface area contributed by atoms with E-state index in [1.807, 2.05) is 0 Å². The van der Waals surface area contributed by atoms with Crippen LogP contribution in [0.15, 0.2) is 36.4 Å². The lowest BCUT2D eigenvalue weighted by Gasteiger charge is -2.22. The van der Waals surface area contributed by atoms with Gasteiger partial charge in [0.25, 0.3) is 0 Å². The smallest absolute Gasteiger partial charge is 0.242 e. The highest BCUT2D eigenvalue weighted by atomic mass is 35.5. The van der Waals surface area contributed by atoms with Gasteiger partial charge in [-0.3, -0.25) is 0 Å². The molecular formula is C15H15Cl3O2Si. The maximum Gasteiger partial charge on any atom is 0.242 e.